The molecule has 68 valence electrons. The van der Waals surface area contributed by atoms with Crippen molar-refractivity contribution in [1.82, 2.24) is 10.3 Å². The molecule has 0 bridgehead atoms. The Morgan fingerprint density at radius 1 is 1.42 bits per heavy atom. The Labute approximate surface area is 75.0 Å². The highest BCUT2D eigenvalue weighted by atomic mass is 14.8. The van der Waals surface area contributed by atoms with Crippen molar-refractivity contribution in [1.29, 1.82) is 0 Å². The van der Waals surface area contributed by atoms with Gasteiger partial charge in [0.25, 0.3) is 0 Å². The molecule has 1 rings (SSSR count). The third-order valence-corrected chi connectivity index (χ3v) is 1.30. The topological polar surface area (TPSA) is 24.9 Å². The summed E-state index contributed by atoms with van der Waals surface area (Å²) in [5, 5.41) is 3.22. The average Bonchev–Trinajstić information content (AvgIpc) is 2.19. The van der Waals surface area contributed by atoms with Gasteiger partial charge in [0.15, 0.2) is 0 Å². The molecule has 0 spiro atoms. The van der Waals surface area contributed by atoms with Crippen LogP contribution in [-0.2, 0) is 6.54 Å². The van der Waals surface area contributed by atoms with E-state index in [1.807, 2.05) is 26.1 Å². The van der Waals surface area contributed by atoms with Crippen molar-refractivity contribution in [2.24, 2.45) is 0 Å². The Balaban J connectivity index is 0.000000561. The molecule has 0 saturated heterocycles. The fourth-order valence-corrected chi connectivity index (χ4v) is 0.772. The minimum absolute atomic E-state index is 0.921. The SMILES string of the molecule is CC.CCNCc1cccnc1. The number of rotatable bonds is 3. The van der Waals surface area contributed by atoms with Gasteiger partial charge in [-0.15, -0.1) is 0 Å². The van der Waals surface area contributed by atoms with E-state index in [2.05, 4.69) is 23.3 Å². The lowest BCUT2D eigenvalue weighted by Crippen LogP contribution is -2.11. The molecule has 1 N–H and O–H groups in total. The van der Waals surface area contributed by atoms with Crippen LogP contribution in [0.25, 0.3) is 0 Å². The maximum atomic E-state index is 4.00. The Morgan fingerprint density at radius 2 is 2.17 bits per heavy atom. The Kier molecular flexibility index (Phi) is 7.60. The van der Waals surface area contributed by atoms with E-state index in [9.17, 15) is 0 Å². The van der Waals surface area contributed by atoms with E-state index >= 15 is 0 Å². The van der Waals surface area contributed by atoms with Gasteiger partial charge in [0.2, 0.25) is 0 Å². The maximum absolute atomic E-state index is 4.00. The van der Waals surface area contributed by atoms with Crippen LogP contribution in [-0.4, -0.2) is 11.5 Å². The van der Waals surface area contributed by atoms with Crippen molar-refractivity contribution in [2.75, 3.05) is 6.54 Å². The second-order valence-corrected chi connectivity index (χ2v) is 2.14. The minimum atomic E-state index is 0.921. The molecule has 2 nitrogen and oxygen atoms in total. The summed E-state index contributed by atoms with van der Waals surface area (Å²) in [7, 11) is 0. The fraction of sp³-hybridized carbons (Fsp3) is 0.500. The number of pyridine rings is 1. The molecule has 2 heteroatoms. The van der Waals surface area contributed by atoms with Crippen LogP contribution in [0, 0.1) is 0 Å². The first kappa shape index (κ1) is 11.1. The van der Waals surface area contributed by atoms with Gasteiger partial charge in [0.05, 0.1) is 0 Å². The van der Waals surface area contributed by atoms with Crippen LogP contribution in [0.3, 0.4) is 0 Å². The molecule has 0 aliphatic carbocycles. The monoisotopic (exact) mass is 166 g/mol. The van der Waals surface area contributed by atoms with Crippen molar-refractivity contribution >= 4 is 0 Å². The van der Waals surface area contributed by atoms with Gasteiger partial charge in [0.1, 0.15) is 0 Å². The molecule has 0 aromatic carbocycles. The molecule has 0 aliphatic rings. The molecule has 0 aliphatic heterocycles. The standard InChI is InChI=1S/C8H12N2.C2H6/c1-2-9-6-8-4-3-5-10-7-8;1-2/h3-5,7,9H,2,6H2,1H3;1-2H3. The molecule has 0 atom stereocenters. The van der Waals surface area contributed by atoms with Crippen LogP contribution >= 0.6 is 0 Å². The zero-order valence-corrected chi connectivity index (χ0v) is 8.17. The van der Waals surface area contributed by atoms with Gasteiger partial charge < -0.3 is 5.32 Å². The van der Waals surface area contributed by atoms with Gasteiger partial charge in [-0.25, -0.2) is 0 Å². The molecular formula is C10H18N2. The van der Waals surface area contributed by atoms with Gasteiger partial charge in [-0.2, -0.15) is 0 Å². The summed E-state index contributed by atoms with van der Waals surface area (Å²) in [4.78, 5) is 4.00. The molecule has 1 aromatic rings. The van der Waals surface area contributed by atoms with Crippen molar-refractivity contribution < 1.29 is 0 Å². The molecule has 0 radical (unpaired) electrons. The normalized spacial score (nSPS) is 8.58. The molecule has 1 aromatic heterocycles. The molecular weight excluding hydrogens is 148 g/mol. The molecule has 0 unspecified atom stereocenters. The third-order valence-electron chi connectivity index (χ3n) is 1.30. The van der Waals surface area contributed by atoms with Crippen LogP contribution < -0.4 is 5.32 Å². The highest BCUT2D eigenvalue weighted by Crippen LogP contribution is 1.92. The first-order valence-corrected chi connectivity index (χ1v) is 4.53. The van der Waals surface area contributed by atoms with Crippen molar-refractivity contribution in [3.05, 3.63) is 30.1 Å². The van der Waals surface area contributed by atoms with E-state index in [0.717, 1.165) is 13.1 Å². The molecule has 0 fully saturated rings. The van der Waals surface area contributed by atoms with E-state index in [1.54, 1.807) is 6.20 Å². The quantitative estimate of drug-likeness (QED) is 0.744. The van der Waals surface area contributed by atoms with Gasteiger partial charge in [0, 0.05) is 18.9 Å². The average molecular weight is 166 g/mol. The number of hydrogen-bond acceptors (Lipinski definition) is 2. The second kappa shape index (κ2) is 8.21. The summed E-state index contributed by atoms with van der Waals surface area (Å²) in [6.45, 7) is 8.02. The summed E-state index contributed by atoms with van der Waals surface area (Å²) < 4.78 is 0. The van der Waals surface area contributed by atoms with Crippen LogP contribution in [0.4, 0.5) is 0 Å². The molecule has 1 heterocycles. The molecule has 12 heavy (non-hydrogen) atoms. The Hall–Kier alpha value is -0.890. The van der Waals surface area contributed by atoms with Gasteiger partial charge in [-0.3, -0.25) is 4.98 Å². The largest absolute Gasteiger partial charge is 0.313 e. The van der Waals surface area contributed by atoms with Crippen molar-refractivity contribution in [3.63, 3.8) is 0 Å². The zero-order chi connectivity index (χ0) is 9.23. The summed E-state index contributed by atoms with van der Waals surface area (Å²) in [5.74, 6) is 0. The minimum Gasteiger partial charge on any atom is -0.313 e. The lowest BCUT2D eigenvalue weighted by Gasteiger charge is -1.98. The Morgan fingerprint density at radius 3 is 2.67 bits per heavy atom. The first-order chi connectivity index (χ1) is 5.93. The van der Waals surface area contributed by atoms with Crippen LogP contribution in [0.2, 0.25) is 0 Å². The van der Waals surface area contributed by atoms with Crippen LogP contribution in [0.1, 0.15) is 26.3 Å². The van der Waals surface area contributed by atoms with Crippen molar-refractivity contribution in [2.45, 2.75) is 27.3 Å². The number of nitrogens with one attached hydrogen (secondary N) is 1. The highest BCUT2D eigenvalue weighted by Gasteiger charge is 1.86. The van der Waals surface area contributed by atoms with E-state index in [0.29, 0.717) is 0 Å². The number of aromatic nitrogens is 1. The lowest BCUT2D eigenvalue weighted by molar-refractivity contribution is 0.724. The predicted octanol–water partition coefficient (Wildman–Crippen LogP) is 2.22. The van der Waals surface area contributed by atoms with Gasteiger partial charge in [-0.05, 0) is 18.2 Å². The summed E-state index contributed by atoms with van der Waals surface area (Å²) in [5.41, 5.74) is 1.24. The summed E-state index contributed by atoms with van der Waals surface area (Å²) in [6.07, 6.45) is 3.66. The third kappa shape index (κ3) is 4.85. The van der Waals surface area contributed by atoms with E-state index in [1.165, 1.54) is 5.56 Å². The zero-order valence-electron chi connectivity index (χ0n) is 8.17. The van der Waals surface area contributed by atoms with Crippen LogP contribution in [0.15, 0.2) is 24.5 Å². The van der Waals surface area contributed by atoms with Gasteiger partial charge >= 0.3 is 0 Å². The lowest BCUT2D eigenvalue weighted by atomic mass is 10.3. The second-order valence-electron chi connectivity index (χ2n) is 2.14. The van der Waals surface area contributed by atoms with Crippen LogP contribution in [0.5, 0.6) is 0 Å². The predicted molar refractivity (Wildman–Crippen MR) is 53.0 cm³/mol. The van der Waals surface area contributed by atoms with E-state index < -0.39 is 0 Å². The van der Waals surface area contributed by atoms with E-state index in [-0.39, 0.29) is 0 Å². The smallest absolute Gasteiger partial charge is 0.0312 e. The Bertz CT molecular complexity index is 172. The summed E-state index contributed by atoms with van der Waals surface area (Å²) in [6, 6.07) is 4.02. The summed E-state index contributed by atoms with van der Waals surface area (Å²) >= 11 is 0. The number of nitrogens with zero attached hydrogens (tertiary/aromatic N) is 1. The van der Waals surface area contributed by atoms with Crippen molar-refractivity contribution in [3.8, 4) is 0 Å². The van der Waals surface area contributed by atoms with Gasteiger partial charge in [-0.1, -0.05) is 26.8 Å². The number of hydrogen-bond donors (Lipinski definition) is 1. The fourth-order valence-electron chi connectivity index (χ4n) is 0.772. The first-order valence-electron chi connectivity index (χ1n) is 4.53. The van der Waals surface area contributed by atoms with E-state index in [4.69, 9.17) is 0 Å². The highest BCUT2D eigenvalue weighted by molar-refractivity contribution is 5.07. The molecule has 0 amide bonds. The maximum Gasteiger partial charge on any atom is 0.0312 e. The molecule has 0 saturated carbocycles.